The number of aromatic nitrogens is 2. The first-order valence-electron chi connectivity index (χ1n) is 4.22. The summed E-state index contributed by atoms with van der Waals surface area (Å²) in [7, 11) is 0. The van der Waals surface area contributed by atoms with Crippen LogP contribution in [0.3, 0.4) is 0 Å². The normalized spacial score (nSPS) is 12.5. The number of amides is 1. The van der Waals surface area contributed by atoms with E-state index in [1.54, 1.807) is 0 Å². The third kappa shape index (κ3) is 2.47. The molecule has 1 aromatic rings. The van der Waals surface area contributed by atoms with Crippen molar-refractivity contribution in [1.29, 1.82) is 0 Å². The molecule has 0 saturated carbocycles. The summed E-state index contributed by atoms with van der Waals surface area (Å²) in [5.74, 6) is -0.257. The van der Waals surface area contributed by atoms with E-state index in [1.165, 1.54) is 6.07 Å². The van der Waals surface area contributed by atoms with E-state index in [-0.39, 0.29) is 23.2 Å². The maximum absolute atomic E-state index is 11.3. The van der Waals surface area contributed by atoms with Gasteiger partial charge >= 0.3 is 0 Å². The van der Waals surface area contributed by atoms with Gasteiger partial charge < -0.3 is 5.32 Å². The van der Waals surface area contributed by atoms with Gasteiger partial charge in [-0.05, 0) is 13.3 Å². The molecule has 13 heavy (non-hydrogen) atoms. The molecule has 0 aromatic carbocycles. The molecule has 5 nitrogen and oxygen atoms in total. The fourth-order valence-electron chi connectivity index (χ4n) is 0.858. The van der Waals surface area contributed by atoms with Crippen LogP contribution in [-0.4, -0.2) is 22.1 Å². The Bertz CT molecular complexity index is 339. The van der Waals surface area contributed by atoms with Crippen LogP contribution in [0, 0.1) is 0 Å². The summed E-state index contributed by atoms with van der Waals surface area (Å²) in [5.41, 5.74) is -0.0281. The Labute approximate surface area is 75.5 Å². The Balaban J connectivity index is 2.64. The van der Waals surface area contributed by atoms with E-state index in [9.17, 15) is 9.59 Å². The minimum atomic E-state index is -0.297. The highest BCUT2D eigenvalue weighted by Gasteiger charge is 2.09. The molecular formula is C8H13N3O2. The highest BCUT2D eigenvalue weighted by Crippen LogP contribution is 1.92. The van der Waals surface area contributed by atoms with Gasteiger partial charge in [-0.15, -0.1) is 0 Å². The molecule has 0 aliphatic carbocycles. The fourth-order valence-corrected chi connectivity index (χ4v) is 0.858. The monoisotopic (exact) mass is 183 g/mol. The zero-order valence-electron chi connectivity index (χ0n) is 7.68. The Morgan fingerprint density at radius 1 is 1.62 bits per heavy atom. The van der Waals surface area contributed by atoms with E-state index >= 15 is 0 Å². The molecule has 1 unspecified atom stereocenters. The van der Waals surface area contributed by atoms with Crippen molar-refractivity contribution >= 4 is 5.91 Å². The molecule has 0 spiro atoms. The molecule has 1 aromatic heterocycles. The Hall–Kier alpha value is -1.52. The lowest BCUT2D eigenvalue weighted by Gasteiger charge is -2.09. The van der Waals surface area contributed by atoms with Crippen LogP contribution in [0.2, 0.25) is 0 Å². The van der Waals surface area contributed by atoms with Gasteiger partial charge in [0.05, 0.1) is 0 Å². The van der Waals surface area contributed by atoms with Crippen molar-refractivity contribution in [3.8, 4) is 0 Å². The molecule has 0 aliphatic rings. The second kappa shape index (κ2) is 3.93. The molecule has 0 fully saturated rings. The predicted octanol–water partition coefficient (Wildman–Crippen LogP) is 0.231. The summed E-state index contributed by atoms with van der Waals surface area (Å²) in [6, 6.07) is 1.35. The Kier molecular flexibility index (Phi) is 2.89. The van der Waals surface area contributed by atoms with Crippen molar-refractivity contribution in [2.24, 2.45) is 0 Å². The first-order chi connectivity index (χ1) is 6.13. The Morgan fingerprint density at radius 3 is 2.77 bits per heavy atom. The van der Waals surface area contributed by atoms with Gasteiger partial charge in [-0.25, -0.2) is 0 Å². The van der Waals surface area contributed by atoms with Crippen LogP contribution in [0.15, 0.2) is 10.9 Å². The van der Waals surface area contributed by atoms with E-state index in [2.05, 4.69) is 15.5 Å². The summed E-state index contributed by atoms with van der Waals surface area (Å²) < 4.78 is 0. The van der Waals surface area contributed by atoms with E-state index in [4.69, 9.17) is 0 Å². The van der Waals surface area contributed by atoms with E-state index in [1.807, 2.05) is 13.8 Å². The molecule has 5 heteroatoms. The van der Waals surface area contributed by atoms with Gasteiger partial charge in [0, 0.05) is 12.1 Å². The molecule has 0 radical (unpaired) electrons. The highest BCUT2D eigenvalue weighted by molar-refractivity contribution is 5.92. The second-order valence-corrected chi connectivity index (χ2v) is 2.96. The van der Waals surface area contributed by atoms with Crippen LogP contribution >= 0.6 is 0 Å². The average molecular weight is 183 g/mol. The van der Waals surface area contributed by atoms with Crippen LogP contribution in [0.1, 0.15) is 30.8 Å². The number of H-pyrrole nitrogens is 2. The third-order valence-corrected chi connectivity index (χ3v) is 1.83. The van der Waals surface area contributed by atoms with Gasteiger partial charge in [0.25, 0.3) is 11.5 Å². The van der Waals surface area contributed by atoms with Crippen LogP contribution in [0.5, 0.6) is 0 Å². The zero-order valence-corrected chi connectivity index (χ0v) is 7.68. The smallest absolute Gasteiger partial charge is 0.269 e. The number of carbonyl (C=O) groups excluding carboxylic acids is 1. The largest absolute Gasteiger partial charge is 0.348 e. The predicted molar refractivity (Wildman–Crippen MR) is 48.6 cm³/mol. The quantitative estimate of drug-likeness (QED) is 0.627. The van der Waals surface area contributed by atoms with Crippen molar-refractivity contribution in [3.63, 3.8) is 0 Å². The standard InChI is InChI=1S/C8H13N3O2/c1-3-5(2)9-8(13)6-4-7(12)11-10-6/h4-5H,3H2,1-2H3,(H,9,13)(H2,10,11,12). The first-order valence-corrected chi connectivity index (χ1v) is 4.22. The number of hydrogen-bond donors (Lipinski definition) is 3. The molecule has 1 atom stereocenters. The topological polar surface area (TPSA) is 77.8 Å². The molecule has 3 N–H and O–H groups in total. The van der Waals surface area contributed by atoms with Crippen molar-refractivity contribution in [2.75, 3.05) is 0 Å². The average Bonchev–Trinajstić information content (AvgIpc) is 2.51. The molecular weight excluding hydrogens is 170 g/mol. The molecule has 0 saturated heterocycles. The minimum absolute atomic E-state index is 0.117. The SMILES string of the molecule is CCC(C)NC(=O)c1cc(=O)[nH][nH]1. The van der Waals surface area contributed by atoms with Gasteiger partial charge in [-0.2, -0.15) is 0 Å². The Morgan fingerprint density at radius 2 is 2.31 bits per heavy atom. The molecule has 0 aliphatic heterocycles. The first kappa shape index (κ1) is 9.57. The number of carbonyl (C=O) groups is 1. The van der Waals surface area contributed by atoms with Gasteiger partial charge in [-0.3, -0.25) is 19.8 Å². The van der Waals surface area contributed by atoms with Crippen molar-refractivity contribution < 1.29 is 4.79 Å². The van der Waals surface area contributed by atoms with Gasteiger partial charge in [0.2, 0.25) is 0 Å². The van der Waals surface area contributed by atoms with E-state index in [0.29, 0.717) is 0 Å². The molecule has 1 amide bonds. The number of aromatic amines is 2. The fraction of sp³-hybridized carbons (Fsp3) is 0.500. The zero-order chi connectivity index (χ0) is 9.84. The summed E-state index contributed by atoms with van der Waals surface area (Å²) in [6.07, 6.45) is 0.862. The van der Waals surface area contributed by atoms with Crippen LogP contribution in [-0.2, 0) is 0 Å². The van der Waals surface area contributed by atoms with Gasteiger partial charge in [0.15, 0.2) is 0 Å². The van der Waals surface area contributed by atoms with Crippen LogP contribution < -0.4 is 10.9 Å². The van der Waals surface area contributed by atoms with E-state index in [0.717, 1.165) is 6.42 Å². The van der Waals surface area contributed by atoms with E-state index < -0.39 is 0 Å². The third-order valence-electron chi connectivity index (χ3n) is 1.83. The minimum Gasteiger partial charge on any atom is -0.348 e. The lowest BCUT2D eigenvalue weighted by Crippen LogP contribution is -2.32. The number of rotatable bonds is 3. The van der Waals surface area contributed by atoms with Crippen molar-refractivity contribution in [1.82, 2.24) is 15.5 Å². The summed E-state index contributed by atoms with van der Waals surface area (Å²) in [6.45, 7) is 3.88. The summed E-state index contributed by atoms with van der Waals surface area (Å²) in [5, 5.41) is 7.51. The maximum atomic E-state index is 11.3. The van der Waals surface area contributed by atoms with Crippen molar-refractivity contribution in [3.05, 3.63) is 22.1 Å². The molecule has 1 rings (SSSR count). The second-order valence-electron chi connectivity index (χ2n) is 2.96. The van der Waals surface area contributed by atoms with Crippen LogP contribution in [0.4, 0.5) is 0 Å². The highest BCUT2D eigenvalue weighted by atomic mass is 16.2. The molecule has 0 bridgehead atoms. The number of nitrogens with one attached hydrogen (secondary N) is 3. The molecule has 1 heterocycles. The lowest BCUT2D eigenvalue weighted by molar-refractivity contribution is 0.0934. The summed E-state index contributed by atoms with van der Waals surface area (Å²) in [4.78, 5) is 22.0. The van der Waals surface area contributed by atoms with Crippen molar-refractivity contribution in [2.45, 2.75) is 26.3 Å². The molecule has 72 valence electrons. The lowest BCUT2D eigenvalue weighted by atomic mass is 10.2. The van der Waals surface area contributed by atoms with Gasteiger partial charge in [-0.1, -0.05) is 6.92 Å². The van der Waals surface area contributed by atoms with Crippen LogP contribution in [0.25, 0.3) is 0 Å². The maximum Gasteiger partial charge on any atom is 0.269 e. The number of hydrogen-bond acceptors (Lipinski definition) is 2. The summed E-state index contributed by atoms with van der Waals surface area (Å²) >= 11 is 0. The van der Waals surface area contributed by atoms with Gasteiger partial charge in [0.1, 0.15) is 5.69 Å².